The topological polar surface area (TPSA) is 95.5 Å². The van der Waals surface area contributed by atoms with Gasteiger partial charge in [0, 0.05) is 18.5 Å². The smallest absolute Gasteiger partial charge is 0.332 e. The highest BCUT2D eigenvalue weighted by molar-refractivity contribution is 7.86. The van der Waals surface area contributed by atoms with Crippen molar-refractivity contribution in [3.05, 3.63) is 54.1 Å². The summed E-state index contributed by atoms with van der Waals surface area (Å²) in [7, 11) is -3.80. The van der Waals surface area contributed by atoms with Gasteiger partial charge in [0.1, 0.15) is 4.90 Å². The van der Waals surface area contributed by atoms with Crippen LogP contribution in [-0.2, 0) is 10.2 Å². The van der Waals surface area contributed by atoms with Crippen LogP contribution in [0.4, 0.5) is 20.1 Å². The summed E-state index contributed by atoms with van der Waals surface area (Å²) < 4.78 is 34.5. The van der Waals surface area contributed by atoms with E-state index in [1.807, 2.05) is 13.0 Å². The summed E-state index contributed by atoms with van der Waals surface area (Å²) in [5, 5.41) is 12.0. The van der Waals surface area contributed by atoms with Crippen LogP contribution in [0.2, 0.25) is 0 Å². The van der Waals surface area contributed by atoms with Crippen LogP contribution in [0, 0.1) is 6.92 Å². The molecule has 2 rings (SSSR count). The molecule has 0 heterocycles. The van der Waals surface area contributed by atoms with Crippen LogP contribution in [0.25, 0.3) is 0 Å². The Morgan fingerprint density at radius 2 is 1.52 bits per heavy atom. The molecule has 0 radical (unpaired) electrons. The molecule has 6 nitrogen and oxygen atoms in total. The lowest BCUT2D eigenvalue weighted by molar-refractivity contribution is 0.262. The number of carbonyl (C=O) groups excluding carboxylic acids is 1. The van der Waals surface area contributed by atoms with Crippen LogP contribution >= 0.6 is 0 Å². The minimum Gasteiger partial charge on any atom is -0.400 e. The molecule has 0 atom stereocenters. The second-order valence-electron chi connectivity index (χ2n) is 4.41. The number of amides is 2. The second kappa shape index (κ2) is 8.25. The van der Waals surface area contributed by atoms with Crippen LogP contribution < -0.4 is 10.6 Å². The summed E-state index contributed by atoms with van der Waals surface area (Å²) >= 11 is 0. The van der Waals surface area contributed by atoms with E-state index in [2.05, 4.69) is 10.6 Å². The van der Waals surface area contributed by atoms with Gasteiger partial charge in [-0.25, -0.2) is 4.79 Å². The Morgan fingerprint density at radius 1 is 1.00 bits per heavy atom. The van der Waals surface area contributed by atoms with Gasteiger partial charge in [0.05, 0.1) is 0 Å². The molecule has 0 bridgehead atoms. The van der Waals surface area contributed by atoms with Gasteiger partial charge in [0.25, 0.3) is 0 Å². The number of aryl methyl sites for hydroxylation is 1. The molecule has 0 aliphatic carbocycles. The van der Waals surface area contributed by atoms with Crippen molar-refractivity contribution in [3.8, 4) is 0 Å². The number of anilines is 2. The summed E-state index contributed by atoms with van der Waals surface area (Å²) in [4.78, 5) is 11.3. The molecule has 0 saturated heterocycles. The van der Waals surface area contributed by atoms with Crippen LogP contribution in [-0.4, -0.2) is 26.7 Å². The molecule has 2 aromatic rings. The molecule has 0 aliphatic rings. The fourth-order valence-electron chi connectivity index (χ4n) is 1.74. The summed E-state index contributed by atoms with van der Waals surface area (Å²) in [5.41, 5.74) is 1.76. The van der Waals surface area contributed by atoms with Crippen molar-refractivity contribution in [1.29, 1.82) is 0 Å². The zero-order chi connectivity index (χ0) is 17.5. The molecule has 0 spiro atoms. The summed E-state index contributed by atoms with van der Waals surface area (Å²) in [6, 6.07) is 11.6. The number of aliphatic hydroxyl groups excluding tert-OH is 1. The van der Waals surface area contributed by atoms with Gasteiger partial charge in [-0.1, -0.05) is 18.2 Å². The third kappa shape index (κ3) is 6.05. The highest BCUT2D eigenvalue weighted by atomic mass is 32.3. The van der Waals surface area contributed by atoms with Crippen molar-refractivity contribution < 1.29 is 22.2 Å². The second-order valence-corrected chi connectivity index (χ2v) is 5.76. The maximum atomic E-state index is 12.9. The number of nitrogens with one attached hydrogen (secondary N) is 2. The fraction of sp³-hybridized carbons (Fsp3) is 0.133. The van der Waals surface area contributed by atoms with E-state index < -0.39 is 21.1 Å². The highest BCUT2D eigenvalue weighted by Gasteiger charge is 2.12. The Bertz CT molecular complexity index is 779. The Kier molecular flexibility index (Phi) is 6.67. The van der Waals surface area contributed by atoms with Gasteiger partial charge >= 0.3 is 16.3 Å². The normalized spacial score (nSPS) is 10.3. The number of halogens is 1. The molecule has 3 N–H and O–H groups in total. The van der Waals surface area contributed by atoms with Crippen molar-refractivity contribution in [2.24, 2.45) is 0 Å². The zero-order valence-electron chi connectivity index (χ0n) is 12.6. The number of carbonyl (C=O) groups is 1. The first kappa shape index (κ1) is 18.6. The number of benzene rings is 2. The summed E-state index contributed by atoms with van der Waals surface area (Å²) in [5.74, 6) is 0. The van der Waals surface area contributed by atoms with E-state index in [1.165, 1.54) is 12.1 Å². The van der Waals surface area contributed by atoms with E-state index in [-0.39, 0.29) is 5.69 Å². The number of hydrogen-bond donors (Lipinski definition) is 3. The van der Waals surface area contributed by atoms with E-state index in [4.69, 9.17) is 5.11 Å². The molecule has 2 aromatic carbocycles. The Labute approximate surface area is 134 Å². The first-order valence-corrected chi connectivity index (χ1v) is 7.87. The van der Waals surface area contributed by atoms with Gasteiger partial charge in [0.15, 0.2) is 0 Å². The van der Waals surface area contributed by atoms with E-state index in [1.54, 1.807) is 18.2 Å². The maximum Gasteiger partial charge on any atom is 0.332 e. The molecule has 0 aliphatic heterocycles. The van der Waals surface area contributed by atoms with Crippen molar-refractivity contribution in [3.63, 3.8) is 0 Å². The predicted octanol–water partition coefficient (Wildman–Crippen LogP) is 2.91. The van der Waals surface area contributed by atoms with Crippen molar-refractivity contribution >= 4 is 27.6 Å². The number of urea groups is 1. The van der Waals surface area contributed by atoms with Gasteiger partial charge in [0.2, 0.25) is 0 Å². The molecule has 2 amide bonds. The van der Waals surface area contributed by atoms with Gasteiger partial charge in [-0.05, 0) is 42.8 Å². The quantitative estimate of drug-likeness (QED) is 0.749. The predicted molar refractivity (Wildman–Crippen MR) is 86.7 cm³/mol. The van der Waals surface area contributed by atoms with Crippen LogP contribution in [0.1, 0.15) is 5.56 Å². The minimum absolute atomic E-state index is 0.180. The molecule has 8 heteroatoms. The number of rotatable bonds is 3. The lowest BCUT2D eigenvalue weighted by Crippen LogP contribution is -2.19. The third-order valence-corrected chi connectivity index (χ3v) is 3.47. The Balaban J connectivity index is 0.00000127. The molecule has 23 heavy (non-hydrogen) atoms. The number of aliphatic hydroxyl groups is 1. The molecular weight excluding hydrogens is 323 g/mol. The van der Waals surface area contributed by atoms with Crippen LogP contribution in [0.3, 0.4) is 0 Å². The third-order valence-electron chi connectivity index (χ3n) is 2.65. The molecular formula is C15H17FN2O4S. The van der Waals surface area contributed by atoms with Gasteiger partial charge in [-0.2, -0.15) is 8.42 Å². The lowest BCUT2D eigenvalue weighted by atomic mass is 10.2. The lowest BCUT2D eigenvalue weighted by Gasteiger charge is -2.08. The molecule has 0 saturated carbocycles. The van der Waals surface area contributed by atoms with Crippen molar-refractivity contribution in [2.45, 2.75) is 11.8 Å². The van der Waals surface area contributed by atoms with Crippen LogP contribution in [0.15, 0.2) is 53.4 Å². The monoisotopic (exact) mass is 340 g/mol. The van der Waals surface area contributed by atoms with Gasteiger partial charge in [-0.15, -0.1) is 3.89 Å². The van der Waals surface area contributed by atoms with E-state index >= 15 is 0 Å². The van der Waals surface area contributed by atoms with E-state index in [9.17, 15) is 17.1 Å². The average Bonchev–Trinajstić information content (AvgIpc) is 2.48. The van der Waals surface area contributed by atoms with Crippen molar-refractivity contribution in [1.82, 2.24) is 0 Å². The Morgan fingerprint density at radius 3 is 2.04 bits per heavy atom. The maximum absolute atomic E-state index is 12.9. The molecule has 0 fully saturated rings. The molecule has 0 aromatic heterocycles. The SMILES string of the molecule is CO.Cc1cccc(NC(=O)Nc2cccc(S(=O)(=O)F)c2)c1. The highest BCUT2D eigenvalue weighted by Crippen LogP contribution is 2.18. The molecule has 124 valence electrons. The first-order valence-electron chi connectivity index (χ1n) is 6.49. The summed E-state index contributed by atoms with van der Waals surface area (Å²) in [6.45, 7) is 1.89. The van der Waals surface area contributed by atoms with Crippen molar-refractivity contribution in [2.75, 3.05) is 17.7 Å². The minimum atomic E-state index is -4.80. The molecule has 0 unspecified atom stereocenters. The van der Waals surface area contributed by atoms with E-state index in [0.717, 1.165) is 24.8 Å². The van der Waals surface area contributed by atoms with Gasteiger partial charge < -0.3 is 15.7 Å². The largest absolute Gasteiger partial charge is 0.400 e. The first-order chi connectivity index (χ1) is 10.8. The zero-order valence-corrected chi connectivity index (χ0v) is 13.4. The average molecular weight is 340 g/mol. The number of hydrogen-bond acceptors (Lipinski definition) is 4. The fourth-order valence-corrected chi connectivity index (χ4v) is 2.25. The van der Waals surface area contributed by atoms with Gasteiger partial charge in [-0.3, -0.25) is 0 Å². The van der Waals surface area contributed by atoms with Crippen LogP contribution in [0.5, 0.6) is 0 Å². The van der Waals surface area contributed by atoms with E-state index in [0.29, 0.717) is 5.69 Å². The summed E-state index contributed by atoms with van der Waals surface area (Å²) in [6.07, 6.45) is 0. The Hall–Kier alpha value is -2.45. The standard InChI is InChI=1S/C14H13FN2O3S.CH4O/c1-10-4-2-5-11(8-10)16-14(18)17-12-6-3-7-13(9-12)21(15,19)20;1-2/h2-9H,1H3,(H2,16,17,18);2H,1H3.